The van der Waals surface area contributed by atoms with Crippen molar-refractivity contribution in [3.05, 3.63) is 22.6 Å². The molecule has 0 amide bonds. The summed E-state index contributed by atoms with van der Waals surface area (Å²) < 4.78 is 0. The second-order valence-electron chi connectivity index (χ2n) is 5.95. The first-order valence-electron chi connectivity index (χ1n) is 5.29. The van der Waals surface area contributed by atoms with Crippen LogP contribution in [-0.4, -0.2) is 0 Å². The van der Waals surface area contributed by atoms with E-state index in [1.54, 1.807) is 0 Å². The zero-order chi connectivity index (χ0) is 12.3. The SMILES string of the molecule is C/C(=C(\C=C/SS)C(C)(C)C)C(C)(C)C. The minimum Gasteiger partial charge on any atom is -0.107 e. The number of hydrogen-bond acceptors (Lipinski definition) is 2. The lowest BCUT2D eigenvalue weighted by Crippen LogP contribution is -2.16. The quantitative estimate of drug-likeness (QED) is 0.381. The summed E-state index contributed by atoms with van der Waals surface area (Å²) in [5.41, 5.74) is 3.29. The van der Waals surface area contributed by atoms with Gasteiger partial charge in [0, 0.05) is 0 Å². The van der Waals surface area contributed by atoms with Crippen molar-refractivity contribution >= 4 is 22.5 Å². The van der Waals surface area contributed by atoms with Crippen molar-refractivity contribution in [1.29, 1.82) is 0 Å². The maximum atomic E-state index is 4.14. The van der Waals surface area contributed by atoms with Crippen molar-refractivity contribution < 1.29 is 0 Å². The molecule has 0 nitrogen and oxygen atoms in total. The van der Waals surface area contributed by atoms with Crippen LogP contribution >= 0.6 is 22.5 Å². The lowest BCUT2D eigenvalue weighted by Gasteiger charge is -2.30. The van der Waals surface area contributed by atoms with E-state index in [1.807, 2.05) is 5.41 Å². The van der Waals surface area contributed by atoms with Crippen LogP contribution in [0.5, 0.6) is 0 Å². The van der Waals surface area contributed by atoms with Crippen LogP contribution in [0.15, 0.2) is 22.6 Å². The summed E-state index contributed by atoms with van der Waals surface area (Å²) >= 11 is 4.14. The number of allylic oxidation sites excluding steroid dienone is 3. The van der Waals surface area contributed by atoms with E-state index < -0.39 is 0 Å². The molecular weight excluding hydrogens is 220 g/mol. The van der Waals surface area contributed by atoms with E-state index in [0.717, 1.165) is 0 Å². The normalized spacial score (nSPS) is 15.7. The third-order valence-corrected chi connectivity index (χ3v) is 3.26. The molecule has 0 heterocycles. The smallest absolute Gasteiger partial charge is 0.0132 e. The maximum Gasteiger partial charge on any atom is -0.0132 e. The second-order valence-corrected chi connectivity index (χ2v) is 7.06. The molecule has 0 spiro atoms. The summed E-state index contributed by atoms with van der Waals surface area (Å²) in [5.74, 6) is 0. The fourth-order valence-corrected chi connectivity index (χ4v) is 1.82. The van der Waals surface area contributed by atoms with E-state index in [0.29, 0.717) is 0 Å². The predicted octanol–water partition coefficient (Wildman–Crippen LogP) is 5.49. The van der Waals surface area contributed by atoms with Crippen molar-refractivity contribution in [3.8, 4) is 0 Å². The fraction of sp³-hybridized carbons (Fsp3) is 0.692. The van der Waals surface area contributed by atoms with Crippen LogP contribution in [0.3, 0.4) is 0 Å². The number of rotatable bonds is 2. The van der Waals surface area contributed by atoms with Crippen LogP contribution in [0.2, 0.25) is 0 Å². The highest BCUT2D eigenvalue weighted by atomic mass is 33.1. The molecule has 0 aromatic rings. The Kier molecular flexibility index (Phi) is 5.56. The first-order valence-corrected chi connectivity index (χ1v) is 7.22. The van der Waals surface area contributed by atoms with Gasteiger partial charge in [-0.1, -0.05) is 64.0 Å². The lowest BCUT2D eigenvalue weighted by molar-refractivity contribution is 0.454. The van der Waals surface area contributed by atoms with Gasteiger partial charge in [-0.25, -0.2) is 0 Å². The maximum absolute atomic E-state index is 4.14. The zero-order valence-electron chi connectivity index (χ0n) is 11.0. The van der Waals surface area contributed by atoms with E-state index in [-0.39, 0.29) is 10.8 Å². The van der Waals surface area contributed by atoms with Crippen molar-refractivity contribution in [1.82, 2.24) is 0 Å². The standard InChI is InChI=1S/C13H24S2/c1-10(12(2,3)4)11(8-9-15-14)13(5,6)7/h8-9,14H,1-7H3/b9-8-,11-10-. The molecule has 0 rings (SSSR count). The molecule has 15 heavy (non-hydrogen) atoms. The molecule has 0 aromatic carbocycles. The van der Waals surface area contributed by atoms with Crippen molar-refractivity contribution in [2.24, 2.45) is 10.8 Å². The average molecular weight is 244 g/mol. The van der Waals surface area contributed by atoms with Gasteiger partial charge in [0.05, 0.1) is 0 Å². The monoisotopic (exact) mass is 244 g/mol. The van der Waals surface area contributed by atoms with Gasteiger partial charge in [0.25, 0.3) is 0 Å². The molecule has 0 fully saturated rings. The summed E-state index contributed by atoms with van der Waals surface area (Å²) in [6, 6.07) is 0. The highest BCUT2D eigenvalue weighted by Crippen LogP contribution is 2.37. The molecule has 0 saturated carbocycles. The molecule has 0 aliphatic heterocycles. The van der Waals surface area contributed by atoms with E-state index in [2.05, 4.69) is 66.2 Å². The Morgan fingerprint density at radius 3 is 1.73 bits per heavy atom. The van der Waals surface area contributed by atoms with Gasteiger partial charge in [-0.2, -0.15) is 0 Å². The van der Waals surface area contributed by atoms with Gasteiger partial charge in [0.15, 0.2) is 0 Å². The van der Waals surface area contributed by atoms with Crippen molar-refractivity contribution in [2.75, 3.05) is 0 Å². The number of thiol groups is 1. The van der Waals surface area contributed by atoms with Crippen molar-refractivity contribution in [3.63, 3.8) is 0 Å². The zero-order valence-corrected chi connectivity index (χ0v) is 12.7. The van der Waals surface area contributed by atoms with Gasteiger partial charge in [0.2, 0.25) is 0 Å². The molecule has 0 bridgehead atoms. The summed E-state index contributed by atoms with van der Waals surface area (Å²) in [7, 11) is 1.45. The van der Waals surface area contributed by atoms with Crippen LogP contribution in [0, 0.1) is 10.8 Å². The second kappa shape index (κ2) is 5.49. The van der Waals surface area contributed by atoms with Gasteiger partial charge >= 0.3 is 0 Å². The topological polar surface area (TPSA) is 0 Å². The van der Waals surface area contributed by atoms with Crippen molar-refractivity contribution in [2.45, 2.75) is 48.5 Å². The van der Waals surface area contributed by atoms with Crippen LogP contribution in [0.4, 0.5) is 0 Å². The largest absolute Gasteiger partial charge is 0.107 e. The van der Waals surface area contributed by atoms with Gasteiger partial charge in [-0.05, 0) is 28.7 Å². The van der Waals surface area contributed by atoms with Crippen LogP contribution in [-0.2, 0) is 0 Å². The molecule has 0 radical (unpaired) electrons. The number of hydrogen-bond donors (Lipinski definition) is 1. The van der Waals surface area contributed by atoms with E-state index in [4.69, 9.17) is 0 Å². The molecule has 2 heteroatoms. The molecule has 0 saturated heterocycles. The van der Waals surface area contributed by atoms with Crippen LogP contribution in [0.25, 0.3) is 0 Å². The Labute approximate surface area is 104 Å². The molecule has 0 aliphatic carbocycles. The molecule has 0 aliphatic rings. The third-order valence-electron chi connectivity index (χ3n) is 2.63. The van der Waals surface area contributed by atoms with Gasteiger partial charge in [-0.15, -0.1) is 11.7 Å². The van der Waals surface area contributed by atoms with Crippen LogP contribution in [0.1, 0.15) is 48.5 Å². The lowest BCUT2D eigenvalue weighted by atomic mass is 9.76. The fourth-order valence-electron chi connectivity index (χ4n) is 1.44. The predicted molar refractivity (Wildman–Crippen MR) is 77.3 cm³/mol. The molecule has 88 valence electrons. The Balaban J connectivity index is 5.37. The molecule has 0 unspecified atom stereocenters. The summed E-state index contributed by atoms with van der Waals surface area (Å²) in [6.07, 6.45) is 2.19. The first kappa shape index (κ1) is 15.2. The Morgan fingerprint density at radius 1 is 1.00 bits per heavy atom. The summed E-state index contributed by atoms with van der Waals surface area (Å²) in [6.45, 7) is 15.8. The molecule has 0 N–H and O–H groups in total. The minimum absolute atomic E-state index is 0.192. The average Bonchev–Trinajstić information content (AvgIpc) is 2.00. The van der Waals surface area contributed by atoms with Crippen LogP contribution < -0.4 is 0 Å². The first-order chi connectivity index (χ1) is 6.60. The minimum atomic E-state index is 0.192. The Morgan fingerprint density at radius 2 is 1.47 bits per heavy atom. The molecular formula is C13H24S2. The Hall–Kier alpha value is 0.180. The summed E-state index contributed by atoms with van der Waals surface area (Å²) in [4.78, 5) is 0. The van der Waals surface area contributed by atoms with E-state index >= 15 is 0 Å². The van der Waals surface area contributed by atoms with Gasteiger partial charge < -0.3 is 0 Å². The third kappa shape index (κ3) is 5.17. The molecule has 0 aromatic heterocycles. The van der Waals surface area contributed by atoms with Gasteiger partial charge in [0.1, 0.15) is 0 Å². The Bertz CT molecular complexity index is 259. The van der Waals surface area contributed by atoms with E-state index in [9.17, 15) is 0 Å². The summed E-state index contributed by atoms with van der Waals surface area (Å²) in [5, 5.41) is 2.04. The van der Waals surface area contributed by atoms with E-state index in [1.165, 1.54) is 21.9 Å². The highest BCUT2D eigenvalue weighted by Gasteiger charge is 2.23. The molecule has 0 atom stereocenters. The highest BCUT2D eigenvalue weighted by molar-refractivity contribution is 8.69. The van der Waals surface area contributed by atoms with Gasteiger partial charge in [-0.3, -0.25) is 0 Å².